The Hall–Kier alpha value is -3.04. The number of nitrogens with one attached hydrogen (secondary N) is 2. The maximum absolute atomic E-state index is 14.6. The molecule has 1 heterocycles. The molecule has 0 saturated carbocycles. The first-order valence-electron chi connectivity index (χ1n) is 8.23. The monoisotopic (exact) mass is 436 g/mol. The number of anilines is 2. The van der Waals surface area contributed by atoms with Gasteiger partial charge >= 0.3 is 0 Å². The quantitative estimate of drug-likeness (QED) is 0.443. The normalized spacial score (nSPS) is 11.6. The summed E-state index contributed by atoms with van der Waals surface area (Å²) in [6.45, 7) is 1.83. The van der Waals surface area contributed by atoms with Crippen molar-refractivity contribution in [3.05, 3.63) is 82.6 Å². The number of hydrogen-bond donors (Lipinski definition) is 2. The van der Waals surface area contributed by atoms with Crippen LogP contribution in [-0.4, -0.2) is 19.6 Å². The number of pyridine rings is 1. The van der Waals surface area contributed by atoms with Gasteiger partial charge in [0.1, 0.15) is 5.82 Å². The van der Waals surface area contributed by atoms with E-state index in [1.807, 2.05) is 11.8 Å². The van der Waals surface area contributed by atoms with Crippen LogP contribution in [-0.2, 0) is 10.0 Å². The zero-order chi connectivity index (χ0) is 21.0. The molecule has 0 amide bonds. The van der Waals surface area contributed by atoms with Gasteiger partial charge in [-0.15, -0.1) is 0 Å². The first-order valence-corrected chi connectivity index (χ1v) is 10.1. The largest absolute Gasteiger partial charge is 0.349 e. The van der Waals surface area contributed by atoms with Crippen molar-refractivity contribution < 1.29 is 17.2 Å². The highest BCUT2D eigenvalue weighted by molar-refractivity contribution is 7.89. The zero-order valence-electron chi connectivity index (χ0n) is 15.0. The van der Waals surface area contributed by atoms with E-state index in [4.69, 9.17) is 11.6 Å². The van der Waals surface area contributed by atoms with Crippen molar-refractivity contribution in [1.82, 2.24) is 9.82 Å². The maximum atomic E-state index is 14.6. The molecule has 10 heteroatoms. The lowest BCUT2D eigenvalue weighted by molar-refractivity contribution is 0.584. The summed E-state index contributed by atoms with van der Waals surface area (Å²) in [5.74, 6) is -1.45. The number of halogens is 3. The van der Waals surface area contributed by atoms with Crippen LogP contribution in [0.5, 0.6) is 0 Å². The van der Waals surface area contributed by atoms with Crippen LogP contribution in [0.1, 0.15) is 11.1 Å². The maximum Gasteiger partial charge on any atom is 0.276 e. The molecule has 29 heavy (non-hydrogen) atoms. The summed E-state index contributed by atoms with van der Waals surface area (Å²) in [5.41, 5.74) is 0.693. The van der Waals surface area contributed by atoms with Crippen LogP contribution in [0, 0.1) is 18.6 Å². The summed E-state index contributed by atoms with van der Waals surface area (Å²) >= 11 is 5.69. The number of benzene rings is 2. The van der Waals surface area contributed by atoms with E-state index in [0.29, 0.717) is 0 Å². The van der Waals surface area contributed by atoms with E-state index < -0.39 is 21.7 Å². The van der Waals surface area contributed by atoms with Crippen LogP contribution in [0.2, 0.25) is 5.02 Å². The summed E-state index contributed by atoms with van der Waals surface area (Å²) in [7, 11) is -3.90. The SMILES string of the molecule is Cc1ccc(S(=O)(=O)N/N=C/c2cncc(Nc3ccc(Cl)cc3F)c2F)cc1. The van der Waals surface area contributed by atoms with Gasteiger partial charge in [-0.3, -0.25) is 4.98 Å². The fourth-order valence-electron chi connectivity index (χ4n) is 2.31. The Morgan fingerprint density at radius 1 is 1.07 bits per heavy atom. The Labute approximate surface area is 171 Å². The molecule has 1 aromatic heterocycles. The molecule has 6 nitrogen and oxygen atoms in total. The summed E-state index contributed by atoms with van der Waals surface area (Å²) in [4.78, 5) is 5.88. The van der Waals surface area contributed by atoms with E-state index in [9.17, 15) is 17.2 Å². The van der Waals surface area contributed by atoms with E-state index >= 15 is 0 Å². The molecule has 0 radical (unpaired) electrons. The smallest absolute Gasteiger partial charge is 0.276 e. The predicted molar refractivity (Wildman–Crippen MR) is 108 cm³/mol. The molecule has 0 fully saturated rings. The molecule has 0 saturated heterocycles. The highest BCUT2D eigenvalue weighted by Gasteiger charge is 2.13. The molecule has 0 unspecified atom stereocenters. The minimum Gasteiger partial charge on any atom is -0.349 e. The van der Waals surface area contributed by atoms with Crippen LogP contribution < -0.4 is 10.1 Å². The third kappa shape index (κ3) is 5.07. The second-order valence-electron chi connectivity index (χ2n) is 6.01. The first kappa shape index (κ1) is 20.7. The van der Waals surface area contributed by atoms with Crippen molar-refractivity contribution in [2.45, 2.75) is 11.8 Å². The second kappa shape index (κ2) is 8.54. The van der Waals surface area contributed by atoms with E-state index in [-0.39, 0.29) is 26.9 Å². The van der Waals surface area contributed by atoms with E-state index in [0.717, 1.165) is 30.2 Å². The van der Waals surface area contributed by atoms with Gasteiger partial charge in [0.2, 0.25) is 0 Å². The summed E-state index contributed by atoms with van der Waals surface area (Å²) < 4.78 is 52.9. The Kier molecular flexibility index (Phi) is 6.09. The molecular weight excluding hydrogens is 422 g/mol. The van der Waals surface area contributed by atoms with Gasteiger partial charge in [-0.2, -0.15) is 13.5 Å². The number of aryl methyl sites for hydroxylation is 1. The number of sulfonamides is 1. The molecule has 0 aliphatic rings. The van der Waals surface area contributed by atoms with Gasteiger partial charge in [-0.25, -0.2) is 13.6 Å². The van der Waals surface area contributed by atoms with Crippen molar-refractivity contribution in [1.29, 1.82) is 0 Å². The number of nitrogens with zero attached hydrogens (tertiary/aromatic N) is 2. The summed E-state index contributed by atoms with van der Waals surface area (Å²) in [6, 6.07) is 10.0. The van der Waals surface area contributed by atoms with Crippen LogP contribution >= 0.6 is 11.6 Å². The van der Waals surface area contributed by atoms with Gasteiger partial charge in [0, 0.05) is 11.2 Å². The molecule has 2 N–H and O–H groups in total. The van der Waals surface area contributed by atoms with Gasteiger partial charge in [0.15, 0.2) is 5.82 Å². The Morgan fingerprint density at radius 2 is 1.79 bits per heavy atom. The lowest BCUT2D eigenvalue weighted by Gasteiger charge is -2.09. The number of hydrazone groups is 1. The van der Waals surface area contributed by atoms with Crippen LogP contribution in [0.25, 0.3) is 0 Å². The molecule has 0 aliphatic carbocycles. The zero-order valence-corrected chi connectivity index (χ0v) is 16.6. The third-order valence-corrected chi connectivity index (χ3v) is 5.29. The minimum atomic E-state index is -3.90. The van der Waals surface area contributed by atoms with Crippen molar-refractivity contribution >= 4 is 39.2 Å². The lowest BCUT2D eigenvalue weighted by Crippen LogP contribution is -2.18. The van der Waals surface area contributed by atoms with Gasteiger partial charge in [-0.1, -0.05) is 29.3 Å². The van der Waals surface area contributed by atoms with Crippen LogP contribution in [0.15, 0.2) is 64.9 Å². The van der Waals surface area contributed by atoms with E-state index in [1.54, 1.807) is 12.1 Å². The second-order valence-corrected chi connectivity index (χ2v) is 8.10. The standard InChI is InChI=1S/C19H15ClF2N4O2S/c1-12-2-5-15(6-3-12)29(27,28)26-24-10-13-9-23-11-18(19(13)22)25-17-7-4-14(20)8-16(17)21/h2-11,25-26H,1H3/b24-10+. The van der Waals surface area contributed by atoms with Gasteiger partial charge in [0.25, 0.3) is 10.0 Å². The van der Waals surface area contributed by atoms with E-state index in [1.165, 1.54) is 24.3 Å². The minimum absolute atomic E-state index is 0.00395. The Bertz CT molecular complexity index is 1170. The van der Waals surface area contributed by atoms with Gasteiger partial charge < -0.3 is 5.32 Å². The van der Waals surface area contributed by atoms with Crippen molar-refractivity contribution in [2.75, 3.05) is 5.32 Å². The van der Waals surface area contributed by atoms with Crippen LogP contribution in [0.4, 0.5) is 20.2 Å². The highest BCUT2D eigenvalue weighted by atomic mass is 35.5. The van der Waals surface area contributed by atoms with Crippen molar-refractivity contribution in [3.63, 3.8) is 0 Å². The summed E-state index contributed by atoms with van der Waals surface area (Å²) in [6.07, 6.45) is 3.29. The molecule has 3 aromatic rings. The molecule has 150 valence electrons. The predicted octanol–water partition coefficient (Wildman–Crippen LogP) is 4.38. The molecule has 3 rings (SSSR count). The van der Waals surface area contributed by atoms with Crippen LogP contribution in [0.3, 0.4) is 0 Å². The Morgan fingerprint density at radius 3 is 2.48 bits per heavy atom. The fraction of sp³-hybridized carbons (Fsp3) is 0.0526. The molecule has 0 atom stereocenters. The number of rotatable bonds is 6. The number of hydrogen-bond acceptors (Lipinski definition) is 5. The lowest BCUT2D eigenvalue weighted by atomic mass is 10.2. The van der Waals surface area contributed by atoms with Crippen molar-refractivity contribution in [2.24, 2.45) is 5.10 Å². The average Bonchev–Trinajstić information content (AvgIpc) is 2.67. The molecule has 0 aliphatic heterocycles. The summed E-state index contributed by atoms with van der Waals surface area (Å²) in [5, 5.41) is 6.36. The fourth-order valence-corrected chi connectivity index (χ4v) is 3.26. The van der Waals surface area contributed by atoms with Crippen molar-refractivity contribution in [3.8, 4) is 0 Å². The molecule has 0 spiro atoms. The topological polar surface area (TPSA) is 83.5 Å². The molecular formula is C19H15ClF2N4O2S. The third-order valence-electron chi connectivity index (χ3n) is 3.82. The molecule has 2 aromatic carbocycles. The average molecular weight is 437 g/mol. The van der Waals surface area contributed by atoms with Gasteiger partial charge in [-0.05, 0) is 37.3 Å². The number of aromatic nitrogens is 1. The highest BCUT2D eigenvalue weighted by Crippen LogP contribution is 2.25. The first-order chi connectivity index (χ1) is 13.8. The van der Waals surface area contributed by atoms with E-state index in [2.05, 4.69) is 15.4 Å². The molecule has 0 bridgehead atoms. The van der Waals surface area contributed by atoms with Gasteiger partial charge in [0.05, 0.1) is 34.2 Å². The Balaban J connectivity index is 1.78.